The van der Waals surface area contributed by atoms with Gasteiger partial charge in [0.1, 0.15) is 17.2 Å². The highest BCUT2D eigenvalue weighted by molar-refractivity contribution is 7.14. The Hall–Kier alpha value is -2.99. The summed E-state index contributed by atoms with van der Waals surface area (Å²) in [5, 5.41) is 2.27. The van der Waals surface area contributed by atoms with Crippen molar-refractivity contribution in [2.75, 3.05) is 20.0 Å². The van der Waals surface area contributed by atoms with Crippen molar-refractivity contribution in [1.29, 1.82) is 0 Å². The molecular weight excluding hydrogens is 350 g/mol. The van der Waals surface area contributed by atoms with Crippen LogP contribution in [0.3, 0.4) is 0 Å². The molecule has 0 saturated heterocycles. The van der Waals surface area contributed by atoms with Gasteiger partial charge in [-0.2, -0.15) is 0 Å². The van der Waals surface area contributed by atoms with E-state index in [-0.39, 0.29) is 6.61 Å². The summed E-state index contributed by atoms with van der Waals surface area (Å²) < 4.78 is 16.0. The second-order valence-corrected chi connectivity index (χ2v) is 6.43. The summed E-state index contributed by atoms with van der Waals surface area (Å²) in [6.45, 7) is 0.195. The van der Waals surface area contributed by atoms with Crippen LogP contribution in [0, 0.1) is 0 Å². The van der Waals surface area contributed by atoms with E-state index in [9.17, 15) is 4.79 Å². The molecule has 26 heavy (non-hydrogen) atoms. The molecule has 1 heterocycles. The molecule has 3 rings (SSSR count). The highest BCUT2D eigenvalue weighted by Gasteiger charge is 2.21. The fourth-order valence-corrected chi connectivity index (χ4v) is 3.40. The van der Waals surface area contributed by atoms with E-state index in [2.05, 4.69) is 0 Å². The van der Waals surface area contributed by atoms with Gasteiger partial charge in [0, 0.05) is 10.9 Å². The fraction of sp³-hybridized carbons (Fsp3) is 0.150. The van der Waals surface area contributed by atoms with Crippen LogP contribution in [-0.2, 0) is 11.3 Å². The molecule has 0 aliphatic rings. The van der Waals surface area contributed by atoms with Crippen LogP contribution < -0.4 is 15.2 Å². The maximum absolute atomic E-state index is 12.6. The van der Waals surface area contributed by atoms with Gasteiger partial charge >= 0.3 is 5.97 Å². The van der Waals surface area contributed by atoms with E-state index in [4.69, 9.17) is 19.9 Å². The number of ether oxygens (including phenoxy) is 3. The molecule has 2 aromatic carbocycles. The molecule has 0 aliphatic carbocycles. The Morgan fingerprint density at radius 2 is 1.77 bits per heavy atom. The summed E-state index contributed by atoms with van der Waals surface area (Å²) in [7, 11) is 3.14. The van der Waals surface area contributed by atoms with E-state index in [1.54, 1.807) is 20.3 Å². The highest BCUT2D eigenvalue weighted by atomic mass is 32.1. The number of carbonyl (C=O) groups is 1. The average molecular weight is 369 g/mol. The van der Waals surface area contributed by atoms with Gasteiger partial charge in [0.05, 0.1) is 14.2 Å². The fourth-order valence-electron chi connectivity index (χ4n) is 2.59. The number of hydrogen-bond acceptors (Lipinski definition) is 6. The first kappa shape index (κ1) is 17.8. The average Bonchev–Trinajstić information content (AvgIpc) is 3.07. The first-order chi connectivity index (χ1) is 12.6. The Labute approximate surface area is 155 Å². The predicted molar refractivity (Wildman–Crippen MR) is 103 cm³/mol. The number of carbonyl (C=O) groups excluding carboxylic acids is 1. The minimum atomic E-state index is -0.447. The molecule has 0 amide bonds. The summed E-state index contributed by atoms with van der Waals surface area (Å²) in [6.07, 6.45) is 0. The third-order valence-corrected chi connectivity index (χ3v) is 4.74. The molecule has 2 N–H and O–H groups in total. The highest BCUT2D eigenvalue weighted by Crippen LogP contribution is 2.38. The molecular formula is C20H19NO4S. The van der Waals surface area contributed by atoms with Crippen molar-refractivity contribution < 1.29 is 19.0 Å². The monoisotopic (exact) mass is 369 g/mol. The third-order valence-electron chi connectivity index (χ3n) is 3.93. The van der Waals surface area contributed by atoms with Crippen LogP contribution in [0.25, 0.3) is 11.1 Å². The molecule has 5 nitrogen and oxygen atoms in total. The number of methoxy groups -OCH3 is 2. The molecule has 0 saturated carbocycles. The summed E-state index contributed by atoms with van der Waals surface area (Å²) in [6, 6.07) is 15.0. The minimum Gasteiger partial charge on any atom is -0.493 e. The zero-order valence-corrected chi connectivity index (χ0v) is 15.3. The molecule has 6 heteroatoms. The van der Waals surface area contributed by atoms with E-state index < -0.39 is 5.97 Å². The van der Waals surface area contributed by atoms with Crippen LogP contribution in [-0.4, -0.2) is 20.2 Å². The summed E-state index contributed by atoms with van der Waals surface area (Å²) >= 11 is 1.30. The lowest BCUT2D eigenvalue weighted by Crippen LogP contribution is -2.07. The summed E-state index contributed by atoms with van der Waals surface area (Å²) in [5.41, 5.74) is 8.85. The smallest absolute Gasteiger partial charge is 0.342 e. The molecule has 0 radical (unpaired) electrons. The molecule has 134 valence electrons. The standard InChI is InChI=1S/C20H19NO4S/c1-23-16-9-8-14(10-17(16)24-2)15-12-26-19(21)18(15)20(22)25-11-13-6-4-3-5-7-13/h3-10,12H,11,21H2,1-2H3. The predicted octanol–water partition coefficient (Wildman–Crippen LogP) is 4.37. The third kappa shape index (κ3) is 3.65. The second kappa shape index (κ2) is 7.93. The van der Waals surface area contributed by atoms with Crippen LogP contribution in [0.15, 0.2) is 53.9 Å². The minimum absolute atomic E-state index is 0.195. The second-order valence-electron chi connectivity index (χ2n) is 5.52. The lowest BCUT2D eigenvalue weighted by molar-refractivity contribution is 0.0475. The van der Waals surface area contributed by atoms with Crippen molar-refractivity contribution in [2.45, 2.75) is 6.61 Å². The number of nitrogens with two attached hydrogens (primary N) is 1. The number of hydrogen-bond donors (Lipinski definition) is 1. The van der Waals surface area contributed by atoms with Crippen molar-refractivity contribution in [1.82, 2.24) is 0 Å². The van der Waals surface area contributed by atoms with Crippen LogP contribution in [0.5, 0.6) is 11.5 Å². The maximum atomic E-state index is 12.6. The molecule has 0 aliphatic heterocycles. The number of nitrogen functional groups attached to an aromatic ring is 1. The largest absolute Gasteiger partial charge is 0.493 e. The van der Waals surface area contributed by atoms with Gasteiger partial charge in [-0.25, -0.2) is 4.79 Å². The van der Waals surface area contributed by atoms with Crippen molar-refractivity contribution >= 4 is 22.3 Å². The van der Waals surface area contributed by atoms with Gasteiger partial charge in [0.2, 0.25) is 0 Å². The molecule has 0 spiro atoms. The Morgan fingerprint density at radius 3 is 2.46 bits per heavy atom. The van der Waals surface area contributed by atoms with Gasteiger partial charge in [0.15, 0.2) is 11.5 Å². The van der Waals surface area contributed by atoms with Gasteiger partial charge in [-0.15, -0.1) is 11.3 Å². The SMILES string of the molecule is COc1ccc(-c2csc(N)c2C(=O)OCc2ccccc2)cc1OC. The lowest BCUT2D eigenvalue weighted by atomic mass is 10.0. The van der Waals surface area contributed by atoms with E-state index in [0.717, 1.165) is 11.1 Å². The number of thiophene rings is 1. The maximum Gasteiger partial charge on any atom is 0.342 e. The lowest BCUT2D eigenvalue weighted by Gasteiger charge is -2.11. The summed E-state index contributed by atoms with van der Waals surface area (Å²) in [5.74, 6) is 0.753. The van der Waals surface area contributed by atoms with Gasteiger partial charge in [-0.3, -0.25) is 0 Å². The number of esters is 1. The van der Waals surface area contributed by atoms with Gasteiger partial charge in [0.25, 0.3) is 0 Å². The van der Waals surface area contributed by atoms with Crippen molar-refractivity contribution in [3.63, 3.8) is 0 Å². The topological polar surface area (TPSA) is 70.8 Å². The normalized spacial score (nSPS) is 10.4. The Balaban J connectivity index is 1.88. The van der Waals surface area contributed by atoms with Gasteiger partial charge in [-0.05, 0) is 23.3 Å². The Kier molecular flexibility index (Phi) is 5.43. The van der Waals surface area contributed by atoms with Crippen molar-refractivity contribution in [3.05, 3.63) is 65.0 Å². The number of rotatable bonds is 6. The van der Waals surface area contributed by atoms with E-state index in [0.29, 0.717) is 27.6 Å². The van der Waals surface area contributed by atoms with E-state index in [1.165, 1.54) is 11.3 Å². The first-order valence-electron chi connectivity index (χ1n) is 7.94. The molecule has 0 bridgehead atoms. The number of benzene rings is 2. The molecule has 0 fully saturated rings. The Bertz CT molecular complexity index is 905. The molecule has 3 aromatic rings. The van der Waals surface area contributed by atoms with Crippen molar-refractivity contribution in [2.24, 2.45) is 0 Å². The van der Waals surface area contributed by atoms with E-state index >= 15 is 0 Å². The Morgan fingerprint density at radius 1 is 1.04 bits per heavy atom. The quantitative estimate of drug-likeness (QED) is 0.653. The zero-order chi connectivity index (χ0) is 18.5. The summed E-state index contributed by atoms with van der Waals surface area (Å²) in [4.78, 5) is 12.6. The van der Waals surface area contributed by atoms with E-state index in [1.807, 2.05) is 47.8 Å². The number of anilines is 1. The van der Waals surface area contributed by atoms with Crippen LogP contribution >= 0.6 is 11.3 Å². The van der Waals surface area contributed by atoms with Gasteiger partial charge in [-0.1, -0.05) is 36.4 Å². The first-order valence-corrected chi connectivity index (χ1v) is 8.82. The zero-order valence-electron chi connectivity index (χ0n) is 14.5. The van der Waals surface area contributed by atoms with Crippen LogP contribution in [0.4, 0.5) is 5.00 Å². The molecule has 0 unspecified atom stereocenters. The molecule has 1 aromatic heterocycles. The van der Waals surface area contributed by atoms with Crippen LogP contribution in [0.2, 0.25) is 0 Å². The van der Waals surface area contributed by atoms with Crippen molar-refractivity contribution in [3.8, 4) is 22.6 Å². The molecule has 0 atom stereocenters. The van der Waals surface area contributed by atoms with Gasteiger partial charge < -0.3 is 19.9 Å². The van der Waals surface area contributed by atoms with Crippen LogP contribution in [0.1, 0.15) is 15.9 Å².